The Bertz CT molecular complexity index is 900. The lowest BCUT2D eigenvalue weighted by molar-refractivity contribution is 0.142. The first-order valence-corrected chi connectivity index (χ1v) is 9.73. The van der Waals surface area contributed by atoms with E-state index in [1.54, 1.807) is 17.5 Å². The monoisotopic (exact) mass is 383 g/mol. The fourth-order valence-electron chi connectivity index (χ4n) is 3.13. The van der Waals surface area contributed by atoms with Crippen molar-refractivity contribution >= 4 is 23.1 Å². The summed E-state index contributed by atoms with van der Waals surface area (Å²) in [4.78, 5) is 25.2. The van der Waals surface area contributed by atoms with Gasteiger partial charge in [0, 0.05) is 49.4 Å². The molecule has 1 aromatic carbocycles. The first kappa shape index (κ1) is 17.7. The molecule has 7 nitrogen and oxygen atoms in total. The summed E-state index contributed by atoms with van der Waals surface area (Å²) in [6.45, 7) is 5.98. The SMILES string of the molecule is Cc1nc(CN2CCN(C(=O)Nc3cccc(-c4cnco4)c3)CC2)cs1. The number of aromatic nitrogens is 2. The standard InChI is InChI=1S/C19H21N5O2S/c1-14-21-17(12-27-14)11-23-5-7-24(8-6-23)19(25)22-16-4-2-3-15(9-16)18-10-20-13-26-18/h2-4,9-10,12-13H,5-8,11H2,1H3,(H,22,25). The number of urea groups is 1. The molecule has 0 aliphatic carbocycles. The first-order chi connectivity index (χ1) is 13.2. The predicted molar refractivity (Wildman–Crippen MR) is 105 cm³/mol. The van der Waals surface area contributed by atoms with Crippen molar-refractivity contribution < 1.29 is 9.21 Å². The quantitative estimate of drug-likeness (QED) is 0.747. The molecule has 140 valence electrons. The highest BCUT2D eigenvalue weighted by molar-refractivity contribution is 7.09. The van der Waals surface area contributed by atoms with Crippen LogP contribution >= 0.6 is 11.3 Å². The molecule has 3 heterocycles. The number of rotatable bonds is 4. The van der Waals surface area contributed by atoms with E-state index >= 15 is 0 Å². The lowest BCUT2D eigenvalue weighted by Crippen LogP contribution is -2.49. The Morgan fingerprint density at radius 3 is 2.85 bits per heavy atom. The zero-order valence-electron chi connectivity index (χ0n) is 15.1. The van der Waals surface area contributed by atoms with Gasteiger partial charge in [0.25, 0.3) is 0 Å². The number of carbonyl (C=O) groups is 1. The van der Waals surface area contributed by atoms with Crippen molar-refractivity contribution in [2.45, 2.75) is 13.5 Å². The highest BCUT2D eigenvalue weighted by atomic mass is 32.1. The third-order valence-electron chi connectivity index (χ3n) is 4.54. The van der Waals surface area contributed by atoms with Crippen molar-refractivity contribution in [2.24, 2.45) is 0 Å². The minimum atomic E-state index is -0.0751. The summed E-state index contributed by atoms with van der Waals surface area (Å²) in [5.41, 5.74) is 2.74. The van der Waals surface area contributed by atoms with Gasteiger partial charge in [-0.15, -0.1) is 11.3 Å². The van der Waals surface area contributed by atoms with E-state index in [9.17, 15) is 4.79 Å². The normalized spacial score (nSPS) is 15.1. The zero-order chi connectivity index (χ0) is 18.6. The molecule has 8 heteroatoms. The number of oxazole rings is 1. The maximum absolute atomic E-state index is 12.6. The number of carbonyl (C=O) groups excluding carboxylic acids is 1. The second-order valence-corrected chi connectivity index (χ2v) is 7.56. The van der Waals surface area contributed by atoms with Crippen LogP contribution in [0.4, 0.5) is 10.5 Å². The van der Waals surface area contributed by atoms with E-state index in [0.29, 0.717) is 18.8 Å². The van der Waals surface area contributed by atoms with Crippen molar-refractivity contribution in [1.82, 2.24) is 19.8 Å². The number of aryl methyl sites for hydroxylation is 1. The smallest absolute Gasteiger partial charge is 0.321 e. The molecule has 0 atom stereocenters. The Morgan fingerprint density at radius 1 is 1.30 bits per heavy atom. The Kier molecular flexibility index (Phi) is 5.17. The molecule has 1 aliphatic rings. The molecule has 0 spiro atoms. The van der Waals surface area contributed by atoms with Crippen LogP contribution in [0.1, 0.15) is 10.7 Å². The number of anilines is 1. The number of nitrogens with zero attached hydrogens (tertiary/aromatic N) is 4. The average Bonchev–Trinajstić information content (AvgIpc) is 3.35. The van der Waals surface area contributed by atoms with Crippen LogP contribution in [0.25, 0.3) is 11.3 Å². The minimum absolute atomic E-state index is 0.0751. The van der Waals surface area contributed by atoms with Gasteiger partial charge in [-0.1, -0.05) is 12.1 Å². The molecular weight excluding hydrogens is 362 g/mol. The van der Waals surface area contributed by atoms with Crippen LogP contribution in [-0.4, -0.2) is 52.0 Å². The number of benzene rings is 1. The molecule has 3 aromatic rings. The number of amides is 2. The molecule has 2 amide bonds. The van der Waals surface area contributed by atoms with Crippen molar-refractivity contribution in [3.05, 3.63) is 52.9 Å². The number of thiazole rings is 1. The van der Waals surface area contributed by atoms with Gasteiger partial charge in [-0.2, -0.15) is 0 Å². The second-order valence-electron chi connectivity index (χ2n) is 6.50. The second kappa shape index (κ2) is 7.89. The molecule has 27 heavy (non-hydrogen) atoms. The maximum atomic E-state index is 12.6. The van der Waals surface area contributed by atoms with Gasteiger partial charge < -0.3 is 14.6 Å². The molecule has 1 aliphatic heterocycles. The van der Waals surface area contributed by atoms with Crippen LogP contribution in [0, 0.1) is 6.92 Å². The molecule has 4 rings (SSSR count). The Hall–Kier alpha value is -2.71. The summed E-state index contributed by atoms with van der Waals surface area (Å²) in [5, 5.41) is 6.18. The van der Waals surface area contributed by atoms with Gasteiger partial charge in [-0.3, -0.25) is 4.90 Å². The molecule has 0 bridgehead atoms. The summed E-state index contributed by atoms with van der Waals surface area (Å²) in [6.07, 6.45) is 3.05. The number of piperazine rings is 1. The lowest BCUT2D eigenvalue weighted by Gasteiger charge is -2.34. The van der Waals surface area contributed by atoms with Gasteiger partial charge in [-0.05, 0) is 19.1 Å². The largest absolute Gasteiger partial charge is 0.444 e. The van der Waals surface area contributed by atoms with Crippen molar-refractivity contribution in [3.8, 4) is 11.3 Å². The molecular formula is C19H21N5O2S. The Morgan fingerprint density at radius 2 is 2.15 bits per heavy atom. The first-order valence-electron chi connectivity index (χ1n) is 8.85. The van der Waals surface area contributed by atoms with E-state index in [2.05, 4.69) is 25.6 Å². The summed E-state index contributed by atoms with van der Waals surface area (Å²) in [7, 11) is 0. The molecule has 0 unspecified atom stereocenters. The van der Waals surface area contributed by atoms with Crippen molar-refractivity contribution in [1.29, 1.82) is 0 Å². The zero-order valence-corrected chi connectivity index (χ0v) is 15.9. The highest BCUT2D eigenvalue weighted by Gasteiger charge is 2.21. The average molecular weight is 383 g/mol. The van der Waals surface area contributed by atoms with Crippen LogP contribution in [0.2, 0.25) is 0 Å². The van der Waals surface area contributed by atoms with E-state index in [0.717, 1.165) is 41.6 Å². The molecule has 0 saturated carbocycles. The van der Waals surface area contributed by atoms with Gasteiger partial charge in [-0.25, -0.2) is 14.8 Å². The third kappa shape index (κ3) is 4.35. The Labute approximate surface area is 161 Å². The van der Waals surface area contributed by atoms with Gasteiger partial charge in [0.05, 0.1) is 16.9 Å². The number of hydrogen-bond donors (Lipinski definition) is 1. The van der Waals surface area contributed by atoms with E-state index in [4.69, 9.17) is 4.42 Å². The molecule has 1 fully saturated rings. The molecule has 1 N–H and O–H groups in total. The van der Waals surface area contributed by atoms with Crippen LogP contribution < -0.4 is 5.32 Å². The highest BCUT2D eigenvalue weighted by Crippen LogP contribution is 2.22. The van der Waals surface area contributed by atoms with Crippen molar-refractivity contribution in [2.75, 3.05) is 31.5 Å². The van der Waals surface area contributed by atoms with E-state index in [1.165, 1.54) is 6.39 Å². The molecule has 1 saturated heterocycles. The number of nitrogens with one attached hydrogen (secondary N) is 1. The van der Waals surface area contributed by atoms with Crippen LogP contribution in [-0.2, 0) is 6.54 Å². The summed E-state index contributed by atoms with van der Waals surface area (Å²) in [5.74, 6) is 0.678. The van der Waals surface area contributed by atoms with E-state index < -0.39 is 0 Å². The molecule has 2 aromatic heterocycles. The lowest BCUT2D eigenvalue weighted by atomic mass is 10.1. The van der Waals surface area contributed by atoms with Crippen LogP contribution in [0.15, 0.2) is 46.7 Å². The van der Waals surface area contributed by atoms with E-state index in [1.807, 2.05) is 36.1 Å². The fourth-order valence-corrected chi connectivity index (χ4v) is 3.73. The third-order valence-corrected chi connectivity index (χ3v) is 5.36. The van der Waals surface area contributed by atoms with Gasteiger partial charge in [0.15, 0.2) is 12.2 Å². The summed E-state index contributed by atoms with van der Waals surface area (Å²) in [6, 6.07) is 7.50. The van der Waals surface area contributed by atoms with Crippen molar-refractivity contribution in [3.63, 3.8) is 0 Å². The fraction of sp³-hybridized carbons (Fsp3) is 0.316. The summed E-state index contributed by atoms with van der Waals surface area (Å²) < 4.78 is 5.31. The molecule has 0 radical (unpaired) electrons. The van der Waals surface area contributed by atoms with Gasteiger partial charge >= 0.3 is 6.03 Å². The topological polar surface area (TPSA) is 74.5 Å². The number of hydrogen-bond acceptors (Lipinski definition) is 6. The maximum Gasteiger partial charge on any atom is 0.321 e. The summed E-state index contributed by atoms with van der Waals surface area (Å²) >= 11 is 1.68. The van der Waals surface area contributed by atoms with Gasteiger partial charge in [0.1, 0.15) is 0 Å². The van der Waals surface area contributed by atoms with Crippen LogP contribution in [0.3, 0.4) is 0 Å². The minimum Gasteiger partial charge on any atom is -0.444 e. The predicted octanol–water partition coefficient (Wildman–Crippen LogP) is 3.46. The van der Waals surface area contributed by atoms with Crippen LogP contribution in [0.5, 0.6) is 0 Å². The van der Waals surface area contributed by atoms with E-state index in [-0.39, 0.29) is 6.03 Å². The Balaban J connectivity index is 1.31. The van der Waals surface area contributed by atoms with Gasteiger partial charge in [0.2, 0.25) is 0 Å².